The van der Waals surface area contributed by atoms with Crippen molar-refractivity contribution in [3.63, 3.8) is 0 Å². The molecule has 262 valence electrons. The predicted molar refractivity (Wildman–Crippen MR) is 187 cm³/mol. The molecule has 0 atom stereocenters. The molecule has 0 amide bonds. The molecule has 24 heteroatoms. The van der Waals surface area contributed by atoms with Crippen molar-refractivity contribution in [1.82, 2.24) is 0 Å². The van der Waals surface area contributed by atoms with E-state index in [4.69, 9.17) is 5.73 Å². The van der Waals surface area contributed by atoms with Crippen LogP contribution in [-0.2, 0) is 30.4 Å². The number of benzene rings is 6. The van der Waals surface area contributed by atoms with Crippen LogP contribution in [0.1, 0.15) is 0 Å². The minimum Gasteiger partial charge on any atom is -0.744 e. The summed E-state index contributed by atoms with van der Waals surface area (Å²) in [5.41, 5.74) is 4.34. The van der Waals surface area contributed by atoms with Crippen LogP contribution in [0, 0.1) is 0 Å². The van der Waals surface area contributed by atoms with Crippen molar-refractivity contribution in [3.05, 3.63) is 81.7 Å². The molecule has 0 heterocycles. The average Bonchev–Trinajstić information content (AvgIpc) is 3.03. The molecule has 0 aliphatic heterocycles. The van der Waals surface area contributed by atoms with Crippen LogP contribution in [0.15, 0.2) is 117 Å². The number of hydrogen-bond acceptors (Lipinski definition) is 16. The summed E-state index contributed by atoms with van der Waals surface area (Å²) in [6.45, 7) is 0. The third kappa shape index (κ3) is 9.56. The summed E-state index contributed by atoms with van der Waals surface area (Å²) in [6.07, 6.45) is 0. The predicted octanol–water partition coefficient (Wildman–Crippen LogP) is -1.78. The fourth-order valence-corrected chi connectivity index (χ4v) is 8.32. The summed E-state index contributed by atoms with van der Waals surface area (Å²) in [7, 11) is -15.4. The number of azo groups is 2. The van der Waals surface area contributed by atoms with E-state index >= 15 is 0 Å². The molecule has 0 aromatic heterocycles. The topological polar surface area (TPSA) is 288 Å². The van der Waals surface area contributed by atoms with Crippen LogP contribution in [0.4, 0.5) is 28.4 Å². The van der Waals surface area contributed by atoms with Crippen molar-refractivity contribution in [1.29, 1.82) is 0 Å². The Morgan fingerprint density at radius 2 is 1.00 bits per heavy atom. The van der Waals surface area contributed by atoms with E-state index in [0.29, 0.717) is 9.86 Å². The molecule has 16 nitrogen and oxygen atoms in total. The van der Waals surface area contributed by atoms with Gasteiger partial charge in [0.2, 0.25) is 0 Å². The summed E-state index contributed by atoms with van der Waals surface area (Å²) in [4.78, 5) is -2.50. The van der Waals surface area contributed by atoms with E-state index in [-0.39, 0.29) is 137 Å². The van der Waals surface area contributed by atoms with Gasteiger partial charge in [0, 0.05) is 30.8 Å². The Morgan fingerprint density at radius 1 is 0.519 bits per heavy atom. The zero-order valence-corrected chi connectivity index (χ0v) is 39.5. The maximum absolute atomic E-state index is 12.4. The number of nitrogens with zero attached hydrogens (tertiary/aromatic N) is 4. The maximum atomic E-state index is 12.4. The van der Waals surface area contributed by atoms with Crippen molar-refractivity contribution < 1.29 is 138 Å². The van der Waals surface area contributed by atoms with E-state index in [2.05, 4.69) is 52.3 Å². The number of halogens is 2. The molecule has 0 aliphatic carbocycles. The van der Waals surface area contributed by atoms with Crippen LogP contribution >= 0.6 is 31.9 Å². The maximum Gasteiger partial charge on any atom is 1.00 e. The number of fused-ring (bicyclic) bond motifs is 3. The van der Waals surface area contributed by atoms with Gasteiger partial charge in [-0.25, -0.2) is 25.3 Å². The van der Waals surface area contributed by atoms with Gasteiger partial charge in [0.25, 0.3) is 0 Å². The second kappa shape index (κ2) is 17.5. The van der Waals surface area contributed by atoms with Gasteiger partial charge in [-0.1, -0.05) is 22.0 Å². The van der Waals surface area contributed by atoms with E-state index in [9.17, 15) is 49.1 Å². The van der Waals surface area contributed by atoms with Crippen LogP contribution in [-0.4, -0.2) is 49.1 Å². The third-order valence-electron chi connectivity index (χ3n) is 7.44. The molecule has 4 N–H and O–H groups in total. The Hall–Kier alpha value is -1.61. The molecule has 6 rings (SSSR count). The van der Waals surface area contributed by atoms with E-state index in [0.717, 1.165) is 24.3 Å². The number of nitrogens with two attached hydrogens (primary N) is 1. The zero-order valence-electron chi connectivity index (χ0n) is 27.8. The summed E-state index contributed by atoms with van der Waals surface area (Å²) in [5, 5.41) is 38.1. The molecule has 6 aromatic rings. The molecule has 0 saturated heterocycles. The van der Waals surface area contributed by atoms with Gasteiger partial charge in [-0.2, -0.15) is 5.11 Å². The van der Waals surface area contributed by atoms with Gasteiger partial charge >= 0.3 is 88.7 Å². The molecular weight excluding hydrogens is 931 g/mol. The number of aromatic hydroxyl groups is 2. The Morgan fingerprint density at radius 3 is 1.54 bits per heavy atom. The SMILES string of the molecule is Nc1ccc2c(O)c(N=Nc3ccc4c(O)c(N=Nc5c(Br)cc(Br)c6ccc(S(=O)(=O)[O-])cc56)c(S(=O)(=O)[O-])cc4c3)c(S(=O)(=O)[O-])cc2c1.[Na+].[Na+].[Na+]. The monoisotopic (exact) mass is 945 g/mol. The van der Waals surface area contributed by atoms with Crippen LogP contribution in [0.5, 0.6) is 11.5 Å². The molecule has 0 bridgehead atoms. The number of rotatable bonds is 7. The second-order valence-corrected chi connectivity index (χ2v) is 16.5. The number of phenols is 2. The number of anilines is 1. The first-order valence-electron chi connectivity index (χ1n) is 13.7. The minimum atomic E-state index is -5.36. The van der Waals surface area contributed by atoms with Gasteiger partial charge < -0.3 is 29.6 Å². The molecule has 0 unspecified atom stereocenters. The molecule has 0 aliphatic rings. The fourth-order valence-electron chi connectivity index (χ4n) is 5.12. The van der Waals surface area contributed by atoms with Crippen molar-refractivity contribution in [2.24, 2.45) is 20.5 Å². The van der Waals surface area contributed by atoms with Crippen LogP contribution in [0.2, 0.25) is 0 Å². The van der Waals surface area contributed by atoms with Crippen molar-refractivity contribution in [2.75, 3.05) is 5.73 Å². The second-order valence-electron chi connectivity index (χ2n) is 10.7. The standard InChI is InChI=1S/C30H19Br2N5O11S3.3Na/c31-22-12-23(32)26(21-11-17(49(40,41)42)3-6-20(21)22)35-37-28-25(51(46,47)48)10-14-8-16(2-5-19(14)30(28)39)34-36-27-24(50(43,44)45)9-13-7-15(33)1-4-18(13)29(27)38;;;/h1-12,38-39H,33H2,(H,40,41,42)(H,43,44,45)(H,46,47,48);;;/q;3*+1/p-3. The smallest absolute Gasteiger partial charge is 0.744 e. The quantitative estimate of drug-likeness (QED) is 0.0693. The molecule has 0 fully saturated rings. The molecule has 0 saturated carbocycles. The van der Waals surface area contributed by atoms with Gasteiger partial charge in [0.15, 0.2) is 11.5 Å². The number of hydrogen-bond donors (Lipinski definition) is 3. The van der Waals surface area contributed by atoms with Crippen molar-refractivity contribution in [2.45, 2.75) is 14.7 Å². The van der Waals surface area contributed by atoms with E-state index < -0.39 is 67.9 Å². The molecule has 54 heavy (non-hydrogen) atoms. The number of phenolic OH excluding ortho intramolecular Hbond substituents is 2. The molecule has 0 radical (unpaired) electrons. The average molecular weight is 947 g/mol. The van der Waals surface area contributed by atoms with E-state index in [1.54, 1.807) is 0 Å². The first-order chi connectivity index (χ1) is 23.7. The first kappa shape index (κ1) is 46.8. The summed E-state index contributed by atoms with van der Waals surface area (Å²) >= 11 is 6.59. The van der Waals surface area contributed by atoms with Gasteiger partial charge in [0.1, 0.15) is 47.4 Å². The van der Waals surface area contributed by atoms with E-state index in [1.807, 2.05) is 0 Å². The molecular formula is C30H16Br2N5Na3O11S3. The third-order valence-corrected chi connectivity index (χ3v) is 11.2. The normalized spacial score (nSPS) is 12.2. The fraction of sp³-hybridized carbons (Fsp3) is 0. The van der Waals surface area contributed by atoms with Crippen molar-refractivity contribution >= 4 is 123 Å². The van der Waals surface area contributed by atoms with Gasteiger partial charge in [0.05, 0.1) is 20.4 Å². The summed E-state index contributed by atoms with van der Waals surface area (Å²) in [5.74, 6) is -1.49. The van der Waals surface area contributed by atoms with Crippen LogP contribution in [0.25, 0.3) is 32.3 Å². The Bertz CT molecular complexity index is 2920. The Labute approximate surface area is 389 Å². The minimum absolute atomic E-state index is 0. The van der Waals surface area contributed by atoms with Crippen LogP contribution < -0.4 is 94.4 Å². The molecule has 6 aromatic carbocycles. The molecule has 0 spiro atoms. The van der Waals surface area contributed by atoms with Crippen LogP contribution in [0.3, 0.4) is 0 Å². The Kier molecular flexibility index (Phi) is 15.1. The van der Waals surface area contributed by atoms with Gasteiger partial charge in [-0.15, -0.1) is 15.3 Å². The zero-order chi connectivity index (χ0) is 37.2. The van der Waals surface area contributed by atoms with Gasteiger partial charge in [-0.3, -0.25) is 0 Å². The number of nitrogen functional groups attached to an aromatic ring is 1. The van der Waals surface area contributed by atoms with Gasteiger partial charge in [-0.05, 0) is 98.8 Å². The summed E-state index contributed by atoms with van der Waals surface area (Å²) < 4.78 is 109. The van der Waals surface area contributed by atoms with Crippen molar-refractivity contribution in [3.8, 4) is 11.5 Å². The van der Waals surface area contributed by atoms with E-state index in [1.165, 1.54) is 48.5 Å². The largest absolute Gasteiger partial charge is 1.00 e. The summed E-state index contributed by atoms with van der Waals surface area (Å²) in [6, 6.07) is 14.6. The first-order valence-corrected chi connectivity index (χ1v) is 19.5. The Balaban J connectivity index is 0.00000261.